The predicted octanol–water partition coefficient (Wildman–Crippen LogP) is 2.88. The van der Waals surface area contributed by atoms with Gasteiger partial charge in [0.2, 0.25) is 0 Å². The summed E-state index contributed by atoms with van der Waals surface area (Å²) in [6, 6.07) is 0. The van der Waals surface area contributed by atoms with Gasteiger partial charge in [0.15, 0.2) is 5.69 Å². The van der Waals surface area contributed by atoms with Gasteiger partial charge in [-0.1, -0.05) is 11.6 Å². The van der Waals surface area contributed by atoms with Crippen molar-refractivity contribution in [3.63, 3.8) is 0 Å². The Morgan fingerprint density at radius 2 is 2.37 bits per heavy atom. The number of rotatable bonds is 4. The summed E-state index contributed by atoms with van der Waals surface area (Å²) in [4.78, 5) is 15.8. The number of carbonyl (C=O) groups excluding carboxylic acids is 1. The third-order valence-electron chi connectivity index (χ3n) is 2.23. The first-order chi connectivity index (χ1) is 9.10. The lowest BCUT2D eigenvalue weighted by atomic mass is 10.2. The third kappa shape index (κ3) is 3.42. The van der Waals surface area contributed by atoms with Crippen LogP contribution in [0.3, 0.4) is 0 Å². The molecular weight excluding hydrogens is 286 g/mol. The molecule has 100 valence electrons. The highest BCUT2D eigenvalue weighted by Gasteiger charge is 2.15. The molecule has 0 spiro atoms. The lowest BCUT2D eigenvalue weighted by molar-refractivity contribution is 0.0518. The van der Waals surface area contributed by atoms with Crippen molar-refractivity contribution in [1.82, 2.24) is 14.8 Å². The second-order valence-corrected chi connectivity index (χ2v) is 5.36. The van der Waals surface area contributed by atoms with E-state index < -0.39 is 5.97 Å². The van der Waals surface area contributed by atoms with E-state index in [1.54, 1.807) is 43.2 Å². The first kappa shape index (κ1) is 13.8. The molecule has 0 unspecified atom stereocenters. The Balaban J connectivity index is 2.24. The van der Waals surface area contributed by atoms with Gasteiger partial charge in [0.1, 0.15) is 9.34 Å². The summed E-state index contributed by atoms with van der Waals surface area (Å²) in [6.07, 6.45) is 6.89. The number of esters is 1. The van der Waals surface area contributed by atoms with Gasteiger partial charge in [-0.25, -0.2) is 9.78 Å². The van der Waals surface area contributed by atoms with Crippen LogP contribution < -0.4 is 0 Å². The second kappa shape index (κ2) is 5.99. The van der Waals surface area contributed by atoms with Gasteiger partial charge >= 0.3 is 5.97 Å². The van der Waals surface area contributed by atoms with Gasteiger partial charge in [0.05, 0.1) is 12.8 Å². The smallest absolute Gasteiger partial charge is 0.359 e. The Bertz CT molecular complexity index is 618. The van der Waals surface area contributed by atoms with Crippen molar-refractivity contribution in [3.8, 4) is 0 Å². The quantitative estimate of drug-likeness (QED) is 0.814. The minimum atomic E-state index is -0.431. The summed E-state index contributed by atoms with van der Waals surface area (Å²) in [6.45, 7) is 2.08. The lowest BCUT2D eigenvalue weighted by Crippen LogP contribution is -2.07. The number of thiazole rings is 1. The van der Waals surface area contributed by atoms with Crippen molar-refractivity contribution < 1.29 is 9.53 Å². The van der Waals surface area contributed by atoms with Gasteiger partial charge in [-0.15, -0.1) is 11.3 Å². The molecule has 0 fully saturated rings. The second-order valence-electron chi connectivity index (χ2n) is 3.66. The van der Waals surface area contributed by atoms with Gasteiger partial charge in [-0.3, -0.25) is 4.68 Å². The highest BCUT2D eigenvalue weighted by atomic mass is 35.5. The van der Waals surface area contributed by atoms with E-state index in [0.29, 0.717) is 22.2 Å². The lowest BCUT2D eigenvalue weighted by Gasteiger charge is -1.98. The Morgan fingerprint density at radius 1 is 1.58 bits per heavy atom. The van der Waals surface area contributed by atoms with Crippen molar-refractivity contribution in [2.45, 2.75) is 6.92 Å². The Labute approximate surface area is 119 Å². The van der Waals surface area contributed by atoms with E-state index in [1.165, 1.54) is 11.3 Å². The number of ether oxygens (including phenoxy) is 1. The molecule has 0 radical (unpaired) electrons. The molecule has 0 bridgehead atoms. The van der Waals surface area contributed by atoms with Crippen molar-refractivity contribution in [2.24, 2.45) is 7.05 Å². The van der Waals surface area contributed by atoms with Gasteiger partial charge in [0, 0.05) is 18.8 Å². The molecule has 0 aliphatic heterocycles. The molecule has 2 aromatic heterocycles. The van der Waals surface area contributed by atoms with E-state index in [4.69, 9.17) is 16.3 Å². The zero-order valence-corrected chi connectivity index (χ0v) is 12.0. The minimum Gasteiger partial charge on any atom is -0.461 e. The normalized spacial score (nSPS) is 11.1. The van der Waals surface area contributed by atoms with Gasteiger partial charge in [-0.2, -0.15) is 5.10 Å². The molecule has 2 aromatic rings. The monoisotopic (exact) mass is 297 g/mol. The zero-order valence-electron chi connectivity index (χ0n) is 10.5. The number of hydrogen-bond donors (Lipinski definition) is 0. The fraction of sp³-hybridized carbons (Fsp3) is 0.250. The first-order valence-electron chi connectivity index (χ1n) is 5.60. The summed E-state index contributed by atoms with van der Waals surface area (Å²) in [5, 5.41) is 4.86. The minimum absolute atomic E-state index is 0.295. The van der Waals surface area contributed by atoms with E-state index in [2.05, 4.69) is 10.1 Å². The van der Waals surface area contributed by atoms with Crippen LogP contribution in [0.5, 0.6) is 0 Å². The van der Waals surface area contributed by atoms with Crippen molar-refractivity contribution in [2.75, 3.05) is 6.61 Å². The van der Waals surface area contributed by atoms with Crippen LogP contribution in [0.15, 0.2) is 12.4 Å². The summed E-state index contributed by atoms with van der Waals surface area (Å²) in [5.74, 6) is -0.431. The van der Waals surface area contributed by atoms with Crippen LogP contribution in [0, 0.1) is 0 Å². The molecule has 0 aliphatic carbocycles. The molecule has 7 heteroatoms. The van der Waals surface area contributed by atoms with Crippen LogP contribution in [-0.4, -0.2) is 27.3 Å². The average molecular weight is 298 g/mol. The standard InChI is InChI=1S/C12H12ClN3O2S/c1-3-18-12(17)11-8(7-16(2)15-11)4-5-10-14-6-9(13)19-10/h4-7H,3H2,1-2H3/b5-4+. The Hall–Kier alpha value is -1.66. The Morgan fingerprint density at radius 3 is 3.00 bits per heavy atom. The van der Waals surface area contributed by atoms with Crippen LogP contribution in [0.4, 0.5) is 0 Å². The number of aryl methyl sites for hydroxylation is 1. The van der Waals surface area contributed by atoms with Crippen LogP contribution in [0.25, 0.3) is 12.2 Å². The SMILES string of the molecule is CCOC(=O)c1nn(C)cc1/C=C/c1ncc(Cl)s1. The molecule has 19 heavy (non-hydrogen) atoms. The number of halogens is 1. The number of carbonyl (C=O) groups is 1. The van der Waals surface area contributed by atoms with Crippen LogP contribution in [0.1, 0.15) is 28.0 Å². The van der Waals surface area contributed by atoms with Crippen molar-refractivity contribution in [1.29, 1.82) is 0 Å². The zero-order chi connectivity index (χ0) is 13.8. The molecule has 0 saturated heterocycles. The molecule has 5 nitrogen and oxygen atoms in total. The first-order valence-corrected chi connectivity index (χ1v) is 6.79. The highest BCUT2D eigenvalue weighted by molar-refractivity contribution is 7.16. The van der Waals surface area contributed by atoms with E-state index in [-0.39, 0.29) is 0 Å². The van der Waals surface area contributed by atoms with E-state index >= 15 is 0 Å². The van der Waals surface area contributed by atoms with Crippen molar-refractivity contribution >= 4 is 41.1 Å². The van der Waals surface area contributed by atoms with Gasteiger partial charge in [0.25, 0.3) is 0 Å². The molecule has 0 atom stereocenters. The molecule has 0 amide bonds. The van der Waals surface area contributed by atoms with Gasteiger partial charge in [-0.05, 0) is 19.1 Å². The van der Waals surface area contributed by atoms with Crippen molar-refractivity contribution in [3.05, 3.63) is 33.0 Å². The number of hydrogen-bond acceptors (Lipinski definition) is 5. The molecule has 2 rings (SSSR count). The summed E-state index contributed by atoms with van der Waals surface area (Å²) in [7, 11) is 1.75. The van der Waals surface area contributed by atoms with Gasteiger partial charge < -0.3 is 4.74 Å². The fourth-order valence-electron chi connectivity index (χ4n) is 1.49. The fourth-order valence-corrected chi connectivity index (χ4v) is 2.32. The predicted molar refractivity (Wildman–Crippen MR) is 75.2 cm³/mol. The van der Waals surface area contributed by atoms with E-state index in [9.17, 15) is 4.79 Å². The van der Waals surface area contributed by atoms with E-state index in [0.717, 1.165) is 5.01 Å². The van der Waals surface area contributed by atoms with Crippen LogP contribution in [-0.2, 0) is 11.8 Å². The van der Waals surface area contributed by atoms with E-state index in [1.807, 2.05) is 0 Å². The molecule has 2 heterocycles. The third-order valence-corrected chi connectivity index (χ3v) is 3.31. The number of nitrogens with zero attached hydrogens (tertiary/aromatic N) is 3. The number of aromatic nitrogens is 3. The Kier molecular flexibility index (Phi) is 4.34. The molecular formula is C12H12ClN3O2S. The maximum Gasteiger partial charge on any atom is 0.359 e. The molecule has 0 saturated carbocycles. The maximum absolute atomic E-state index is 11.7. The average Bonchev–Trinajstić information content (AvgIpc) is 2.93. The molecule has 0 aliphatic rings. The van der Waals surface area contributed by atoms with Crippen LogP contribution >= 0.6 is 22.9 Å². The highest BCUT2D eigenvalue weighted by Crippen LogP contribution is 2.20. The topological polar surface area (TPSA) is 57.0 Å². The molecule has 0 N–H and O–H groups in total. The summed E-state index contributed by atoms with van der Waals surface area (Å²) in [5.41, 5.74) is 0.982. The summed E-state index contributed by atoms with van der Waals surface area (Å²) >= 11 is 7.16. The summed E-state index contributed by atoms with van der Waals surface area (Å²) < 4.78 is 7.15. The molecule has 0 aromatic carbocycles. The largest absolute Gasteiger partial charge is 0.461 e. The van der Waals surface area contributed by atoms with Crippen LogP contribution in [0.2, 0.25) is 4.34 Å². The maximum atomic E-state index is 11.7.